The van der Waals surface area contributed by atoms with Crippen LogP contribution in [-0.2, 0) is 0 Å². The maximum absolute atomic E-state index is 13.1. The smallest absolute Gasteiger partial charge is 0.259 e. The lowest BCUT2D eigenvalue weighted by Crippen LogP contribution is -2.29. The number of rotatable bonds is 4. The molecule has 2 aromatic carbocycles. The van der Waals surface area contributed by atoms with E-state index in [1.165, 1.54) is 0 Å². The van der Waals surface area contributed by atoms with Gasteiger partial charge < -0.3 is 10.6 Å². The van der Waals surface area contributed by atoms with Gasteiger partial charge in [-0.2, -0.15) is 5.10 Å². The van der Waals surface area contributed by atoms with Crippen LogP contribution >= 0.6 is 11.6 Å². The summed E-state index contributed by atoms with van der Waals surface area (Å²) in [5, 5.41) is 11.6. The van der Waals surface area contributed by atoms with Gasteiger partial charge in [0.1, 0.15) is 0 Å². The molecule has 0 bridgehead atoms. The van der Waals surface area contributed by atoms with Crippen molar-refractivity contribution in [3.05, 3.63) is 76.6 Å². The molecule has 4 rings (SSSR count). The van der Waals surface area contributed by atoms with Gasteiger partial charge in [0, 0.05) is 16.6 Å². The van der Waals surface area contributed by atoms with Crippen molar-refractivity contribution in [3.8, 4) is 5.69 Å². The zero-order valence-electron chi connectivity index (χ0n) is 15.8. The second-order valence-electron chi connectivity index (χ2n) is 7.18. The van der Waals surface area contributed by atoms with Crippen LogP contribution in [0.4, 0.5) is 5.69 Å². The number of carbonyl (C=O) groups excluding carboxylic acids is 1. The highest BCUT2D eigenvalue weighted by atomic mass is 35.5. The van der Waals surface area contributed by atoms with E-state index in [0.717, 1.165) is 42.9 Å². The molecular formula is C22H23ClN4O. The summed E-state index contributed by atoms with van der Waals surface area (Å²) in [5.41, 5.74) is 4.48. The number of amides is 1. The third kappa shape index (κ3) is 3.96. The Bertz CT molecular complexity index is 974. The van der Waals surface area contributed by atoms with Crippen LogP contribution in [0.1, 0.15) is 40.4 Å². The predicted molar refractivity (Wildman–Crippen MR) is 113 cm³/mol. The van der Waals surface area contributed by atoms with Gasteiger partial charge in [0.25, 0.3) is 5.91 Å². The highest BCUT2D eigenvalue weighted by molar-refractivity contribution is 6.30. The molecule has 28 heavy (non-hydrogen) atoms. The fourth-order valence-electron chi connectivity index (χ4n) is 3.72. The number of piperidine rings is 1. The molecule has 1 aliphatic heterocycles. The van der Waals surface area contributed by atoms with Crippen LogP contribution in [0.3, 0.4) is 0 Å². The quantitative estimate of drug-likeness (QED) is 0.682. The Morgan fingerprint density at radius 2 is 1.93 bits per heavy atom. The van der Waals surface area contributed by atoms with E-state index in [-0.39, 0.29) is 11.8 Å². The molecule has 1 fully saturated rings. The summed E-state index contributed by atoms with van der Waals surface area (Å²) in [6, 6.07) is 15.3. The Balaban J connectivity index is 1.71. The van der Waals surface area contributed by atoms with Crippen LogP contribution in [0.5, 0.6) is 0 Å². The molecule has 1 saturated heterocycles. The maximum Gasteiger partial charge on any atom is 0.259 e. The summed E-state index contributed by atoms with van der Waals surface area (Å²) >= 11 is 5.94. The monoisotopic (exact) mass is 394 g/mol. The summed E-state index contributed by atoms with van der Waals surface area (Å²) in [4.78, 5) is 13.1. The van der Waals surface area contributed by atoms with Crippen molar-refractivity contribution in [3.63, 3.8) is 0 Å². The highest BCUT2D eigenvalue weighted by Gasteiger charge is 2.27. The molecule has 0 radical (unpaired) electrons. The molecule has 6 heteroatoms. The van der Waals surface area contributed by atoms with Crippen molar-refractivity contribution in [2.75, 3.05) is 18.4 Å². The molecule has 0 spiro atoms. The van der Waals surface area contributed by atoms with Crippen molar-refractivity contribution in [2.24, 2.45) is 0 Å². The number of hydrogen-bond acceptors (Lipinski definition) is 3. The maximum atomic E-state index is 13.1. The first kappa shape index (κ1) is 18.7. The topological polar surface area (TPSA) is 59.0 Å². The van der Waals surface area contributed by atoms with Crippen molar-refractivity contribution >= 4 is 23.2 Å². The van der Waals surface area contributed by atoms with Crippen molar-refractivity contribution in [1.82, 2.24) is 15.1 Å². The molecule has 0 aliphatic carbocycles. The number of anilines is 1. The number of halogens is 1. The van der Waals surface area contributed by atoms with Crippen molar-refractivity contribution < 1.29 is 4.79 Å². The summed E-state index contributed by atoms with van der Waals surface area (Å²) < 4.78 is 1.93. The molecule has 0 unspecified atom stereocenters. The van der Waals surface area contributed by atoms with E-state index >= 15 is 0 Å². The Kier molecular flexibility index (Phi) is 5.46. The van der Waals surface area contributed by atoms with Crippen LogP contribution in [0.25, 0.3) is 5.69 Å². The van der Waals surface area contributed by atoms with Gasteiger partial charge in [-0.3, -0.25) is 4.79 Å². The number of nitrogens with zero attached hydrogens (tertiary/aromatic N) is 2. The SMILES string of the molecule is Cc1cccc(-n2ncc(C(=O)Nc3ccc(Cl)cc3)c2C2CCNCC2)c1. The van der Waals surface area contributed by atoms with E-state index in [1.54, 1.807) is 30.5 Å². The first-order valence-electron chi connectivity index (χ1n) is 9.54. The van der Waals surface area contributed by atoms with Crippen LogP contribution < -0.4 is 10.6 Å². The lowest BCUT2D eigenvalue weighted by Gasteiger charge is -2.24. The molecule has 1 amide bonds. The van der Waals surface area contributed by atoms with E-state index in [1.807, 2.05) is 16.8 Å². The Hall–Kier alpha value is -2.63. The second kappa shape index (κ2) is 8.17. The first-order chi connectivity index (χ1) is 13.6. The Labute approximate surface area is 169 Å². The fraction of sp³-hybridized carbons (Fsp3) is 0.273. The Morgan fingerprint density at radius 3 is 2.64 bits per heavy atom. The third-order valence-corrected chi connectivity index (χ3v) is 5.38. The predicted octanol–water partition coefficient (Wildman–Crippen LogP) is 4.55. The van der Waals surface area contributed by atoms with Gasteiger partial charge in [0.15, 0.2) is 0 Å². The lowest BCUT2D eigenvalue weighted by molar-refractivity contribution is 0.102. The van der Waals surface area contributed by atoms with Gasteiger partial charge in [-0.1, -0.05) is 23.7 Å². The second-order valence-corrected chi connectivity index (χ2v) is 7.62. The average Bonchev–Trinajstić information content (AvgIpc) is 3.16. The summed E-state index contributed by atoms with van der Waals surface area (Å²) in [6.45, 7) is 3.95. The minimum absolute atomic E-state index is 0.144. The van der Waals surface area contributed by atoms with E-state index in [9.17, 15) is 4.79 Å². The van der Waals surface area contributed by atoms with Crippen LogP contribution in [-0.4, -0.2) is 28.8 Å². The van der Waals surface area contributed by atoms with E-state index in [0.29, 0.717) is 16.3 Å². The number of aromatic nitrogens is 2. The molecule has 3 aromatic rings. The molecule has 1 aromatic heterocycles. The summed E-state index contributed by atoms with van der Waals surface area (Å²) in [7, 11) is 0. The number of hydrogen-bond donors (Lipinski definition) is 2. The molecule has 1 aliphatic rings. The molecule has 2 N–H and O–H groups in total. The molecule has 144 valence electrons. The number of aryl methyl sites for hydroxylation is 1. The van der Waals surface area contributed by atoms with E-state index in [2.05, 4.69) is 34.8 Å². The normalized spacial score (nSPS) is 14.8. The number of benzene rings is 2. The zero-order chi connectivity index (χ0) is 19.5. The molecule has 2 heterocycles. The van der Waals surface area contributed by atoms with Gasteiger partial charge in [-0.15, -0.1) is 0 Å². The van der Waals surface area contributed by atoms with Gasteiger partial charge in [0.05, 0.1) is 23.1 Å². The van der Waals surface area contributed by atoms with Gasteiger partial charge in [0.2, 0.25) is 0 Å². The van der Waals surface area contributed by atoms with E-state index in [4.69, 9.17) is 11.6 Å². The molecule has 5 nitrogen and oxygen atoms in total. The minimum atomic E-state index is -0.144. The first-order valence-corrected chi connectivity index (χ1v) is 9.92. The largest absolute Gasteiger partial charge is 0.322 e. The van der Waals surface area contributed by atoms with Gasteiger partial charge in [-0.05, 0) is 74.8 Å². The molecular weight excluding hydrogens is 372 g/mol. The third-order valence-electron chi connectivity index (χ3n) is 5.13. The van der Waals surface area contributed by atoms with E-state index < -0.39 is 0 Å². The van der Waals surface area contributed by atoms with Crippen molar-refractivity contribution in [2.45, 2.75) is 25.7 Å². The minimum Gasteiger partial charge on any atom is -0.322 e. The zero-order valence-corrected chi connectivity index (χ0v) is 16.5. The standard InChI is InChI=1S/C22H23ClN4O/c1-15-3-2-4-19(13-15)27-21(16-9-11-24-12-10-16)20(14-25-27)22(28)26-18-7-5-17(23)6-8-18/h2-8,13-14,16,24H,9-12H2,1H3,(H,26,28). The Morgan fingerprint density at radius 1 is 1.18 bits per heavy atom. The number of nitrogens with one attached hydrogen (secondary N) is 2. The number of carbonyl (C=O) groups is 1. The summed E-state index contributed by atoms with van der Waals surface area (Å²) in [5.74, 6) is 0.144. The summed E-state index contributed by atoms with van der Waals surface area (Å²) in [6.07, 6.45) is 3.66. The van der Waals surface area contributed by atoms with Crippen LogP contribution in [0, 0.1) is 6.92 Å². The molecule has 0 atom stereocenters. The lowest BCUT2D eigenvalue weighted by atomic mass is 9.91. The highest BCUT2D eigenvalue weighted by Crippen LogP contribution is 2.31. The average molecular weight is 395 g/mol. The van der Waals surface area contributed by atoms with Gasteiger partial charge in [-0.25, -0.2) is 4.68 Å². The van der Waals surface area contributed by atoms with Crippen LogP contribution in [0.15, 0.2) is 54.7 Å². The van der Waals surface area contributed by atoms with Gasteiger partial charge >= 0.3 is 0 Å². The van der Waals surface area contributed by atoms with Crippen molar-refractivity contribution in [1.29, 1.82) is 0 Å². The molecule has 0 saturated carbocycles. The fourth-order valence-corrected chi connectivity index (χ4v) is 3.84. The van der Waals surface area contributed by atoms with Crippen LogP contribution in [0.2, 0.25) is 5.02 Å².